The van der Waals surface area contributed by atoms with Crippen molar-refractivity contribution in [1.29, 1.82) is 0 Å². The summed E-state index contributed by atoms with van der Waals surface area (Å²) in [5.41, 5.74) is 3.86. The monoisotopic (exact) mass is 281 g/mol. The van der Waals surface area contributed by atoms with Gasteiger partial charge in [-0.05, 0) is 25.1 Å². The number of quaternary nitrogens is 1. The number of para-hydroxylation sites is 1. The molecule has 106 valence electrons. The highest BCUT2D eigenvalue weighted by molar-refractivity contribution is 5.72. The molecule has 3 rings (SSSR count). The molecular formula is C16H15N3O2. The topological polar surface area (TPSA) is 65.5 Å². The minimum Gasteiger partial charge on any atom is -0.595 e. The summed E-state index contributed by atoms with van der Waals surface area (Å²) in [6.07, 6.45) is 3.52. The molecule has 0 radical (unpaired) electrons. The van der Waals surface area contributed by atoms with E-state index in [0.29, 0.717) is 5.56 Å². The van der Waals surface area contributed by atoms with E-state index in [-0.39, 0.29) is 5.69 Å². The van der Waals surface area contributed by atoms with Gasteiger partial charge in [-0.15, -0.1) is 0 Å². The van der Waals surface area contributed by atoms with Crippen molar-refractivity contribution in [3.63, 3.8) is 0 Å². The summed E-state index contributed by atoms with van der Waals surface area (Å²) in [5.74, 6) is 0. The summed E-state index contributed by atoms with van der Waals surface area (Å²) in [6, 6.07) is 14.9. The van der Waals surface area contributed by atoms with Gasteiger partial charge in [0.15, 0.2) is 5.69 Å². The lowest BCUT2D eigenvalue weighted by Gasteiger charge is -2.14. The van der Waals surface area contributed by atoms with Gasteiger partial charge in [-0.3, -0.25) is 0 Å². The third-order valence-electron chi connectivity index (χ3n) is 3.35. The normalized spacial score (nSPS) is 12.3. The molecule has 2 N–H and O–H groups in total. The number of hydrogen-bond donors (Lipinski definition) is 2. The fraction of sp³-hybridized carbons (Fsp3) is 0.0625. The minimum atomic E-state index is -0.936. The summed E-state index contributed by atoms with van der Waals surface area (Å²) in [5, 5.41) is 23.9. The maximum atomic E-state index is 11.3. The smallest absolute Gasteiger partial charge is 0.171 e. The molecule has 0 bridgehead atoms. The molecule has 0 aliphatic rings. The summed E-state index contributed by atoms with van der Waals surface area (Å²) >= 11 is 0. The first-order chi connectivity index (χ1) is 10.1. The van der Waals surface area contributed by atoms with Gasteiger partial charge in [0.2, 0.25) is 0 Å². The second-order valence-electron chi connectivity index (χ2n) is 4.86. The minimum absolute atomic E-state index is 0.279. The van der Waals surface area contributed by atoms with Crippen LogP contribution in [-0.4, -0.2) is 15.0 Å². The van der Waals surface area contributed by atoms with Gasteiger partial charge >= 0.3 is 0 Å². The van der Waals surface area contributed by atoms with E-state index < -0.39 is 5.23 Å². The Labute approximate surface area is 122 Å². The van der Waals surface area contributed by atoms with Gasteiger partial charge < -0.3 is 5.21 Å². The number of aromatic nitrogens is 2. The van der Waals surface area contributed by atoms with Crippen LogP contribution in [0, 0.1) is 12.1 Å². The van der Waals surface area contributed by atoms with Gasteiger partial charge in [-0.25, -0.2) is 9.89 Å². The Morgan fingerprint density at radius 2 is 1.81 bits per heavy atom. The lowest BCUT2D eigenvalue weighted by atomic mass is 10.1. The quantitative estimate of drug-likeness (QED) is 0.724. The first kappa shape index (κ1) is 13.5. The van der Waals surface area contributed by atoms with Crippen LogP contribution < -0.4 is 5.23 Å². The maximum Gasteiger partial charge on any atom is 0.171 e. The third-order valence-corrected chi connectivity index (χ3v) is 3.35. The number of aryl methyl sites for hydroxylation is 1. The zero-order valence-electron chi connectivity index (χ0n) is 11.5. The standard InChI is InChI=1S/C16H15N3O2/c1-12-6-8-14(9-7-12)18-11-13(10-17-18)15-4-2-3-5-16(15)19(20)21/h2-11,19-20H,1H3. The molecular weight excluding hydrogens is 266 g/mol. The highest BCUT2D eigenvalue weighted by Gasteiger charge is 2.12. The molecule has 21 heavy (non-hydrogen) atoms. The molecule has 0 aliphatic heterocycles. The third kappa shape index (κ3) is 2.71. The Bertz CT molecular complexity index is 748. The lowest BCUT2D eigenvalue weighted by Crippen LogP contribution is -2.99. The molecule has 0 saturated carbocycles. The van der Waals surface area contributed by atoms with E-state index in [9.17, 15) is 10.4 Å². The highest BCUT2D eigenvalue weighted by Crippen LogP contribution is 2.25. The zero-order valence-corrected chi connectivity index (χ0v) is 11.5. The molecule has 1 atom stereocenters. The van der Waals surface area contributed by atoms with Crippen LogP contribution in [0.5, 0.6) is 0 Å². The maximum absolute atomic E-state index is 11.3. The van der Waals surface area contributed by atoms with Crippen LogP contribution in [0.25, 0.3) is 16.8 Å². The van der Waals surface area contributed by atoms with E-state index in [0.717, 1.165) is 11.3 Å². The van der Waals surface area contributed by atoms with Gasteiger partial charge in [-0.2, -0.15) is 10.3 Å². The SMILES string of the molecule is Cc1ccc(-n2cc(-c3ccccc3[NH+]([O-])O)cn2)cc1. The fourth-order valence-electron chi connectivity index (χ4n) is 2.22. The zero-order chi connectivity index (χ0) is 14.8. The number of rotatable bonds is 3. The van der Waals surface area contributed by atoms with Gasteiger partial charge in [0, 0.05) is 23.4 Å². The number of benzene rings is 2. The van der Waals surface area contributed by atoms with E-state index in [2.05, 4.69) is 5.10 Å². The predicted octanol–water partition coefficient (Wildman–Crippen LogP) is 2.25. The van der Waals surface area contributed by atoms with Crippen LogP contribution in [0.3, 0.4) is 0 Å². The Morgan fingerprint density at radius 3 is 2.52 bits per heavy atom. The Hall–Kier alpha value is -2.47. The lowest BCUT2D eigenvalue weighted by molar-refractivity contribution is -0.991. The van der Waals surface area contributed by atoms with E-state index in [1.807, 2.05) is 43.5 Å². The van der Waals surface area contributed by atoms with Gasteiger partial charge in [0.1, 0.15) is 0 Å². The van der Waals surface area contributed by atoms with Crippen molar-refractivity contribution in [2.75, 3.05) is 0 Å². The molecule has 0 amide bonds. The van der Waals surface area contributed by atoms with Crippen molar-refractivity contribution in [2.24, 2.45) is 0 Å². The van der Waals surface area contributed by atoms with Gasteiger partial charge in [-0.1, -0.05) is 29.8 Å². The Balaban J connectivity index is 2.01. The molecule has 0 saturated heterocycles. The second kappa shape index (κ2) is 5.49. The van der Waals surface area contributed by atoms with Crippen LogP contribution in [0.4, 0.5) is 5.69 Å². The van der Waals surface area contributed by atoms with Crippen LogP contribution in [-0.2, 0) is 0 Å². The van der Waals surface area contributed by atoms with Crippen molar-refractivity contribution in [1.82, 2.24) is 9.78 Å². The largest absolute Gasteiger partial charge is 0.595 e. The summed E-state index contributed by atoms with van der Waals surface area (Å²) in [6.45, 7) is 2.03. The van der Waals surface area contributed by atoms with E-state index in [1.165, 1.54) is 5.56 Å². The van der Waals surface area contributed by atoms with E-state index >= 15 is 0 Å². The molecule has 0 aliphatic carbocycles. The number of hydrogen-bond acceptors (Lipinski definition) is 3. The summed E-state index contributed by atoms with van der Waals surface area (Å²) in [7, 11) is 0. The van der Waals surface area contributed by atoms with Crippen molar-refractivity contribution >= 4 is 5.69 Å². The molecule has 5 heteroatoms. The molecule has 0 spiro atoms. The number of nitrogens with one attached hydrogen (secondary N) is 1. The van der Waals surface area contributed by atoms with Gasteiger partial charge in [0.25, 0.3) is 0 Å². The van der Waals surface area contributed by atoms with Crippen molar-refractivity contribution in [3.8, 4) is 16.8 Å². The van der Waals surface area contributed by atoms with Crippen LogP contribution in [0.2, 0.25) is 0 Å². The molecule has 3 aromatic rings. The molecule has 2 aromatic carbocycles. The first-order valence-corrected chi connectivity index (χ1v) is 6.59. The van der Waals surface area contributed by atoms with Gasteiger partial charge in [0.05, 0.1) is 11.9 Å². The molecule has 1 heterocycles. The summed E-state index contributed by atoms with van der Waals surface area (Å²) in [4.78, 5) is 0. The van der Waals surface area contributed by atoms with Crippen LogP contribution in [0.1, 0.15) is 5.56 Å². The van der Waals surface area contributed by atoms with Crippen LogP contribution >= 0.6 is 0 Å². The highest BCUT2D eigenvalue weighted by atomic mass is 16.8. The predicted molar refractivity (Wildman–Crippen MR) is 79.5 cm³/mol. The molecule has 5 nitrogen and oxygen atoms in total. The Kier molecular flexibility index (Phi) is 3.53. The first-order valence-electron chi connectivity index (χ1n) is 6.59. The van der Waals surface area contributed by atoms with Crippen molar-refractivity contribution in [2.45, 2.75) is 6.92 Å². The fourth-order valence-corrected chi connectivity index (χ4v) is 2.22. The summed E-state index contributed by atoms with van der Waals surface area (Å²) < 4.78 is 1.74. The van der Waals surface area contributed by atoms with Crippen LogP contribution in [0.15, 0.2) is 60.9 Å². The molecule has 1 unspecified atom stereocenters. The average Bonchev–Trinajstić information content (AvgIpc) is 2.97. The van der Waals surface area contributed by atoms with Crippen molar-refractivity contribution in [3.05, 3.63) is 71.7 Å². The molecule has 0 fully saturated rings. The van der Waals surface area contributed by atoms with E-state index in [4.69, 9.17) is 0 Å². The molecule has 1 aromatic heterocycles. The van der Waals surface area contributed by atoms with E-state index in [1.54, 1.807) is 29.1 Å². The Morgan fingerprint density at radius 1 is 1.10 bits per heavy atom. The number of nitrogens with zero attached hydrogens (tertiary/aromatic N) is 2. The van der Waals surface area contributed by atoms with Crippen molar-refractivity contribution < 1.29 is 10.4 Å². The average molecular weight is 281 g/mol. The second-order valence-corrected chi connectivity index (χ2v) is 4.86.